The molecule has 2 saturated heterocycles. The quantitative estimate of drug-likeness (QED) is 0.853. The average molecular weight is 283 g/mol. The van der Waals surface area contributed by atoms with E-state index in [1.54, 1.807) is 4.90 Å². The second kappa shape index (κ2) is 3.75. The molecular weight excluding hydrogens is 272 g/mol. The molecule has 1 amide bonds. The van der Waals surface area contributed by atoms with Gasteiger partial charge in [-0.1, -0.05) is 15.9 Å². The number of halogens is 1. The number of benzene rings is 1. The zero-order chi connectivity index (χ0) is 11.1. The fraction of sp³-hybridized carbons (Fsp3) is 0.364. The molecule has 3 rings (SSSR count). The number of anilines is 1. The number of fused-ring (bicyclic) bond motifs is 1. The lowest BCUT2D eigenvalue weighted by molar-refractivity contribution is 0.143. The van der Waals surface area contributed by atoms with E-state index in [1.165, 1.54) is 0 Å². The van der Waals surface area contributed by atoms with Gasteiger partial charge in [-0.25, -0.2) is 4.79 Å². The van der Waals surface area contributed by atoms with E-state index in [2.05, 4.69) is 21.2 Å². The van der Waals surface area contributed by atoms with Gasteiger partial charge in [-0.3, -0.25) is 4.90 Å². The molecule has 0 radical (unpaired) electrons. The lowest BCUT2D eigenvalue weighted by Gasteiger charge is -2.19. The molecule has 2 atom stereocenters. The van der Waals surface area contributed by atoms with Crippen LogP contribution < -0.4 is 10.2 Å². The van der Waals surface area contributed by atoms with Gasteiger partial charge in [-0.2, -0.15) is 0 Å². The highest BCUT2D eigenvalue weighted by molar-refractivity contribution is 9.10. The molecule has 2 aliphatic heterocycles. The van der Waals surface area contributed by atoms with E-state index < -0.39 is 0 Å². The van der Waals surface area contributed by atoms with Crippen LogP contribution in [0, 0.1) is 0 Å². The van der Waals surface area contributed by atoms with Crippen LogP contribution in [0.4, 0.5) is 10.5 Å². The molecule has 1 aromatic rings. The van der Waals surface area contributed by atoms with Crippen molar-refractivity contribution < 1.29 is 9.53 Å². The highest BCUT2D eigenvalue weighted by Crippen LogP contribution is 2.29. The summed E-state index contributed by atoms with van der Waals surface area (Å²) in [6.07, 6.45) is -0.241. The van der Waals surface area contributed by atoms with Crippen molar-refractivity contribution in [3.63, 3.8) is 0 Å². The van der Waals surface area contributed by atoms with Gasteiger partial charge in [0.2, 0.25) is 0 Å². The first-order valence-electron chi connectivity index (χ1n) is 5.22. The molecular formula is C11H11BrN2O2. The minimum Gasteiger partial charge on any atom is -0.442 e. The normalized spacial score (nSPS) is 28.1. The number of nitrogens with zero attached hydrogens (tertiary/aromatic N) is 1. The number of nitrogens with one attached hydrogen (secondary N) is 1. The molecule has 1 aromatic carbocycles. The Morgan fingerprint density at radius 1 is 1.31 bits per heavy atom. The SMILES string of the molecule is O=C1OC2CNCC2N1c1ccc(Br)cc1. The van der Waals surface area contributed by atoms with Crippen LogP contribution in [0.2, 0.25) is 0 Å². The van der Waals surface area contributed by atoms with Gasteiger partial charge in [-0.05, 0) is 24.3 Å². The molecule has 0 aromatic heterocycles. The number of ether oxygens (including phenoxy) is 1. The number of rotatable bonds is 1. The van der Waals surface area contributed by atoms with Gasteiger partial charge in [-0.15, -0.1) is 0 Å². The topological polar surface area (TPSA) is 41.6 Å². The van der Waals surface area contributed by atoms with E-state index in [-0.39, 0.29) is 18.2 Å². The molecule has 1 N–H and O–H groups in total. The third kappa shape index (κ3) is 1.51. The molecule has 0 aliphatic carbocycles. The molecule has 84 valence electrons. The molecule has 2 heterocycles. The van der Waals surface area contributed by atoms with Gasteiger partial charge in [0, 0.05) is 23.2 Å². The van der Waals surface area contributed by atoms with Crippen molar-refractivity contribution in [2.24, 2.45) is 0 Å². The van der Waals surface area contributed by atoms with Gasteiger partial charge < -0.3 is 10.1 Å². The van der Waals surface area contributed by atoms with Crippen molar-refractivity contribution in [2.45, 2.75) is 12.1 Å². The molecule has 0 bridgehead atoms. The van der Waals surface area contributed by atoms with E-state index in [4.69, 9.17) is 4.74 Å². The number of carbonyl (C=O) groups excluding carboxylic acids is 1. The van der Waals surface area contributed by atoms with Gasteiger partial charge in [0.25, 0.3) is 0 Å². The van der Waals surface area contributed by atoms with Crippen LogP contribution in [-0.4, -0.2) is 31.3 Å². The highest BCUT2D eigenvalue weighted by Gasteiger charge is 2.45. The zero-order valence-electron chi connectivity index (χ0n) is 8.52. The summed E-state index contributed by atoms with van der Waals surface area (Å²) in [5, 5.41) is 3.23. The Labute approximate surface area is 102 Å². The molecule has 0 spiro atoms. The van der Waals surface area contributed by atoms with Crippen LogP contribution in [0.25, 0.3) is 0 Å². The fourth-order valence-electron chi connectivity index (χ4n) is 2.24. The van der Waals surface area contributed by atoms with Crippen molar-refractivity contribution in [1.82, 2.24) is 5.32 Å². The Bertz CT molecular complexity index is 420. The van der Waals surface area contributed by atoms with Crippen molar-refractivity contribution in [1.29, 1.82) is 0 Å². The van der Waals surface area contributed by atoms with Gasteiger partial charge in [0.1, 0.15) is 6.10 Å². The lowest BCUT2D eigenvalue weighted by atomic mass is 10.2. The van der Waals surface area contributed by atoms with E-state index in [0.717, 1.165) is 23.2 Å². The minimum absolute atomic E-state index is 0.00357. The summed E-state index contributed by atoms with van der Waals surface area (Å²) in [5.74, 6) is 0. The predicted octanol–water partition coefficient (Wildman–Crippen LogP) is 1.75. The van der Waals surface area contributed by atoms with Crippen LogP contribution in [0.5, 0.6) is 0 Å². The standard InChI is InChI=1S/C11H11BrN2O2/c12-7-1-3-8(4-2-7)14-9-5-13-6-10(9)16-11(14)15/h1-4,9-10,13H,5-6H2. The Hall–Kier alpha value is -1.07. The van der Waals surface area contributed by atoms with E-state index in [9.17, 15) is 4.79 Å². The first-order valence-corrected chi connectivity index (χ1v) is 6.01. The molecule has 2 unspecified atom stereocenters. The second-order valence-electron chi connectivity index (χ2n) is 3.99. The molecule has 16 heavy (non-hydrogen) atoms. The fourth-order valence-corrected chi connectivity index (χ4v) is 2.50. The number of hydrogen-bond donors (Lipinski definition) is 1. The number of carbonyl (C=O) groups is 1. The molecule has 5 heteroatoms. The van der Waals surface area contributed by atoms with Crippen molar-refractivity contribution in [2.75, 3.05) is 18.0 Å². The van der Waals surface area contributed by atoms with Crippen molar-refractivity contribution in [3.05, 3.63) is 28.7 Å². The summed E-state index contributed by atoms with van der Waals surface area (Å²) in [6, 6.07) is 7.84. The summed E-state index contributed by atoms with van der Waals surface area (Å²) in [5.41, 5.74) is 0.893. The third-order valence-corrected chi connectivity index (χ3v) is 3.54. The minimum atomic E-state index is -0.237. The third-order valence-electron chi connectivity index (χ3n) is 3.01. The molecule has 0 saturated carbocycles. The Morgan fingerprint density at radius 3 is 2.81 bits per heavy atom. The Balaban J connectivity index is 1.93. The molecule has 2 aliphatic rings. The van der Waals surface area contributed by atoms with E-state index >= 15 is 0 Å². The number of hydrogen-bond acceptors (Lipinski definition) is 3. The van der Waals surface area contributed by atoms with Crippen LogP contribution in [0.3, 0.4) is 0 Å². The first kappa shape index (κ1) is 10.1. The van der Waals surface area contributed by atoms with E-state index in [0.29, 0.717) is 0 Å². The predicted molar refractivity (Wildman–Crippen MR) is 63.5 cm³/mol. The van der Waals surface area contributed by atoms with Crippen molar-refractivity contribution in [3.8, 4) is 0 Å². The average Bonchev–Trinajstić information content (AvgIpc) is 2.79. The monoisotopic (exact) mass is 282 g/mol. The van der Waals surface area contributed by atoms with Gasteiger partial charge in [0.05, 0.1) is 6.04 Å². The van der Waals surface area contributed by atoms with Gasteiger partial charge in [0.15, 0.2) is 0 Å². The molecule has 2 fully saturated rings. The van der Waals surface area contributed by atoms with Crippen molar-refractivity contribution >= 4 is 27.7 Å². The van der Waals surface area contributed by atoms with Crippen LogP contribution in [0.15, 0.2) is 28.7 Å². The van der Waals surface area contributed by atoms with Crippen LogP contribution >= 0.6 is 15.9 Å². The largest absolute Gasteiger partial charge is 0.442 e. The van der Waals surface area contributed by atoms with Gasteiger partial charge >= 0.3 is 6.09 Å². The van der Waals surface area contributed by atoms with Crippen LogP contribution in [0.1, 0.15) is 0 Å². The summed E-state index contributed by atoms with van der Waals surface area (Å²) in [7, 11) is 0. The van der Waals surface area contributed by atoms with Crippen LogP contribution in [-0.2, 0) is 4.74 Å². The Kier molecular flexibility index (Phi) is 2.37. The zero-order valence-corrected chi connectivity index (χ0v) is 10.1. The molecule has 4 nitrogen and oxygen atoms in total. The maximum absolute atomic E-state index is 11.7. The maximum atomic E-state index is 11.7. The second-order valence-corrected chi connectivity index (χ2v) is 4.91. The summed E-state index contributed by atoms with van der Waals surface area (Å²) in [4.78, 5) is 13.5. The maximum Gasteiger partial charge on any atom is 0.415 e. The summed E-state index contributed by atoms with van der Waals surface area (Å²) >= 11 is 3.38. The lowest BCUT2D eigenvalue weighted by Crippen LogP contribution is -2.37. The highest BCUT2D eigenvalue weighted by atomic mass is 79.9. The smallest absolute Gasteiger partial charge is 0.415 e. The Morgan fingerprint density at radius 2 is 2.06 bits per heavy atom. The summed E-state index contributed by atoms with van der Waals surface area (Å²) in [6.45, 7) is 1.55. The first-order chi connectivity index (χ1) is 7.75. The number of amides is 1. The van der Waals surface area contributed by atoms with E-state index in [1.807, 2.05) is 24.3 Å². The summed E-state index contributed by atoms with van der Waals surface area (Å²) < 4.78 is 6.30.